The van der Waals surface area contributed by atoms with Crippen molar-refractivity contribution in [1.29, 1.82) is 5.26 Å². The molecule has 13 heavy (non-hydrogen) atoms. The minimum absolute atomic E-state index is 0.104. The van der Waals surface area contributed by atoms with E-state index in [0.717, 1.165) is 4.90 Å². The first kappa shape index (κ1) is 10.7. The predicted molar refractivity (Wildman–Crippen MR) is 48.0 cm³/mol. The number of carboxylic acid groups (broad SMARTS) is 1. The predicted octanol–water partition coefficient (Wildman–Crippen LogP) is 2.00. The molecule has 72 valence electrons. The van der Waals surface area contributed by atoms with Crippen LogP contribution in [0.4, 0.5) is 4.79 Å². The molecule has 7 heteroatoms. The number of halogens is 3. The van der Waals surface area contributed by atoms with Crippen molar-refractivity contribution < 1.29 is 9.90 Å². The molecule has 0 aromatic rings. The first-order chi connectivity index (χ1) is 5.81. The lowest BCUT2D eigenvalue weighted by Gasteiger charge is -2.13. The average Bonchev–Trinajstić information content (AvgIpc) is 2.61. The maximum absolute atomic E-state index is 10.5. The van der Waals surface area contributed by atoms with E-state index in [2.05, 4.69) is 0 Å². The van der Waals surface area contributed by atoms with E-state index >= 15 is 0 Å². The van der Waals surface area contributed by atoms with E-state index in [0.29, 0.717) is 0 Å². The molecular weight excluding hydrogens is 238 g/mol. The van der Waals surface area contributed by atoms with E-state index in [1.54, 1.807) is 0 Å². The standard InChI is InChI=1S/C6H5Cl3N2O2/c7-6(8,9)1-5(2-10)3-11(5)4(12)13/h1,3H2,(H,12,13). The molecule has 1 aliphatic heterocycles. The molecule has 1 aliphatic rings. The van der Waals surface area contributed by atoms with Crippen molar-refractivity contribution >= 4 is 40.9 Å². The molecule has 1 unspecified atom stereocenters. The summed E-state index contributed by atoms with van der Waals surface area (Å²) < 4.78 is -1.60. The van der Waals surface area contributed by atoms with Gasteiger partial charge in [0.15, 0.2) is 9.33 Å². The quantitative estimate of drug-likeness (QED) is 0.566. The third-order valence-electron chi connectivity index (χ3n) is 1.76. The monoisotopic (exact) mass is 242 g/mol. The van der Waals surface area contributed by atoms with Crippen molar-refractivity contribution in [2.75, 3.05) is 6.54 Å². The van der Waals surface area contributed by atoms with E-state index in [1.165, 1.54) is 0 Å². The maximum Gasteiger partial charge on any atom is 0.408 e. The van der Waals surface area contributed by atoms with Gasteiger partial charge in [-0.2, -0.15) is 5.26 Å². The largest absolute Gasteiger partial charge is 0.465 e. The lowest BCUT2D eigenvalue weighted by atomic mass is 10.1. The molecule has 1 atom stereocenters. The van der Waals surface area contributed by atoms with Gasteiger partial charge in [-0.3, -0.25) is 4.90 Å². The van der Waals surface area contributed by atoms with Crippen molar-refractivity contribution in [3.8, 4) is 6.07 Å². The Kier molecular flexibility index (Phi) is 2.54. The Morgan fingerprint density at radius 1 is 1.69 bits per heavy atom. The van der Waals surface area contributed by atoms with E-state index in [4.69, 9.17) is 45.2 Å². The molecule has 1 N–H and O–H groups in total. The highest BCUT2D eigenvalue weighted by molar-refractivity contribution is 6.67. The van der Waals surface area contributed by atoms with Crippen LogP contribution in [-0.4, -0.2) is 32.0 Å². The van der Waals surface area contributed by atoms with Crippen LogP contribution in [0.3, 0.4) is 0 Å². The van der Waals surface area contributed by atoms with E-state index in [-0.39, 0.29) is 13.0 Å². The second kappa shape index (κ2) is 3.09. The highest BCUT2D eigenvalue weighted by Crippen LogP contribution is 2.44. The van der Waals surface area contributed by atoms with Crippen LogP contribution in [0.1, 0.15) is 6.42 Å². The van der Waals surface area contributed by atoms with Crippen LogP contribution in [0.15, 0.2) is 0 Å². The molecule has 0 bridgehead atoms. The molecule has 0 aromatic carbocycles. The fourth-order valence-corrected chi connectivity index (χ4v) is 1.76. The fourth-order valence-electron chi connectivity index (χ4n) is 1.10. The zero-order valence-corrected chi connectivity index (χ0v) is 8.57. The summed E-state index contributed by atoms with van der Waals surface area (Å²) in [4.78, 5) is 11.4. The molecule has 0 saturated carbocycles. The van der Waals surface area contributed by atoms with E-state index in [1.807, 2.05) is 6.07 Å². The van der Waals surface area contributed by atoms with Crippen LogP contribution < -0.4 is 0 Å². The van der Waals surface area contributed by atoms with Crippen LogP contribution in [0.5, 0.6) is 0 Å². The zero-order chi connectivity index (χ0) is 10.3. The molecule has 1 fully saturated rings. The third-order valence-corrected chi connectivity index (χ3v) is 2.17. The molecule has 0 radical (unpaired) electrons. The topological polar surface area (TPSA) is 64.1 Å². The summed E-state index contributed by atoms with van der Waals surface area (Å²) in [6.45, 7) is 0.104. The second-order valence-electron chi connectivity index (χ2n) is 2.80. The smallest absolute Gasteiger partial charge is 0.408 e. The molecule has 0 spiro atoms. The number of nitriles is 1. The zero-order valence-electron chi connectivity index (χ0n) is 6.30. The molecule has 1 heterocycles. The van der Waals surface area contributed by atoms with Gasteiger partial charge < -0.3 is 5.11 Å². The first-order valence-corrected chi connectivity index (χ1v) is 4.43. The SMILES string of the molecule is N#CC1(CC(Cl)(Cl)Cl)CN1C(=O)O. The summed E-state index contributed by atoms with van der Waals surface area (Å²) in [5.41, 5.74) is -1.14. The summed E-state index contributed by atoms with van der Waals surface area (Å²) in [5.74, 6) is 0. The van der Waals surface area contributed by atoms with Gasteiger partial charge in [0.1, 0.15) is 0 Å². The Morgan fingerprint density at radius 3 is 2.46 bits per heavy atom. The molecule has 0 aromatic heterocycles. The Bertz CT molecular complexity index is 283. The normalized spacial score (nSPS) is 26.8. The highest BCUT2D eigenvalue weighted by atomic mass is 35.6. The number of rotatable bonds is 1. The Hall–Kier alpha value is -0.370. The number of carbonyl (C=O) groups is 1. The van der Waals surface area contributed by atoms with Gasteiger partial charge in [0, 0.05) is 6.42 Å². The first-order valence-electron chi connectivity index (χ1n) is 3.29. The van der Waals surface area contributed by atoms with Gasteiger partial charge in [-0.1, -0.05) is 34.8 Å². The van der Waals surface area contributed by atoms with E-state index < -0.39 is 15.4 Å². The molecule has 1 rings (SSSR count). The van der Waals surface area contributed by atoms with Crippen molar-refractivity contribution in [2.45, 2.75) is 15.8 Å². The van der Waals surface area contributed by atoms with Gasteiger partial charge in [-0.05, 0) is 0 Å². The molecule has 1 amide bonds. The Labute approximate surface area is 89.6 Å². The minimum Gasteiger partial charge on any atom is -0.465 e. The number of hydrogen-bond acceptors (Lipinski definition) is 2. The number of amides is 1. The van der Waals surface area contributed by atoms with Crippen LogP contribution in [0.2, 0.25) is 0 Å². The summed E-state index contributed by atoms with van der Waals surface area (Å²) >= 11 is 16.4. The summed E-state index contributed by atoms with van der Waals surface area (Å²) in [6, 6.07) is 1.83. The lowest BCUT2D eigenvalue weighted by Crippen LogP contribution is -2.25. The fraction of sp³-hybridized carbons (Fsp3) is 0.667. The highest BCUT2D eigenvalue weighted by Gasteiger charge is 2.59. The average molecular weight is 243 g/mol. The van der Waals surface area contributed by atoms with Gasteiger partial charge in [-0.25, -0.2) is 4.79 Å². The van der Waals surface area contributed by atoms with Gasteiger partial charge >= 0.3 is 6.09 Å². The lowest BCUT2D eigenvalue weighted by molar-refractivity contribution is 0.173. The van der Waals surface area contributed by atoms with Crippen molar-refractivity contribution in [3.05, 3.63) is 0 Å². The minimum atomic E-state index is -1.60. The Balaban J connectivity index is 2.69. The third kappa shape index (κ3) is 2.31. The van der Waals surface area contributed by atoms with Crippen LogP contribution in [0.25, 0.3) is 0 Å². The molecular formula is C6H5Cl3N2O2. The summed E-state index contributed by atoms with van der Waals surface area (Å²) in [5, 5.41) is 17.3. The van der Waals surface area contributed by atoms with Crippen molar-refractivity contribution in [2.24, 2.45) is 0 Å². The van der Waals surface area contributed by atoms with Crippen LogP contribution >= 0.6 is 34.8 Å². The van der Waals surface area contributed by atoms with Crippen LogP contribution in [0, 0.1) is 11.3 Å². The summed E-state index contributed by atoms with van der Waals surface area (Å²) in [6.07, 6.45) is -1.27. The van der Waals surface area contributed by atoms with Crippen molar-refractivity contribution in [1.82, 2.24) is 4.90 Å². The molecule has 0 aliphatic carbocycles. The Morgan fingerprint density at radius 2 is 2.23 bits per heavy atom. The summed E-state index contributed by atoms with van der Waals surface area (Å²) in [7, 11) is 0. The van der Waals surface area contributed by atoms with Crippen molar-refractivity contribution in [3.63, 3.8) is 0 Å². The van der Waals surface area contributed by atoms with E-state index in [9.17, 15) is 4.79 Å². The number of nitrogens with zero attached hydrogens (tertiary/aromatic N) is 2. The van der Waals surface area contributed by atoms with Gasteiger partial charge in [-0.15, -0.1) is 0 Å². The molecule has 4 nitrogen and oxygen atoms in total. The van der Waals surface area contributed by atoms with Gasteiger partial charge in [0.25, 0.3) is 0 Å². The number of alkyl halides is 3. The number of hydrogen-bond donors (Lipinski definition) is 1. The molecule has 1 saturated heterocycles. The van der Waals surface area contributed by atoms with Gasteiger partial charge in [0.2, 0.25) is 0 Å². The van der Waals surface area contributed by atoms with Gasteiger partial charge in [0.05, 0.1) is 12.6 Å². The van der Waals surface area contributed by atoms with Crippen LogP contribution in [-0.2, 0) is 0 Å². The second-order valence-corrected chi connectivity index (χ2v) is 5.32. The maximum atomic E-state index is 10.5.